The van der Waals surface area contributed by atoms with Gasteiger partial charge in [0.25, 0.3) is 0 Å². The molecule has 0 amide bonds. The highest BCUT2D eigenvalue weighted by Crippen LogP contribution is 2.38. The van der Waals surface area contributed by atoms with E-state index in [1.165, 1.54) is 4.88 Å². The van der Waals surface area contributed by atoms with E-state index in [2.05, 4.69) is 23.0 Å². The molecule has 1 aliphatic rings. The maximum atomic E-state index is 9.93. The summed E-state index contributed by atoms with van der Waals surface area (Å²) in [5.41, 5.74) is 3.50. The van der Waals surface area contributed by atoms with E-state index in [0.29, 0.717) is 11.1 Å². The molecule has 0 spiro atoms. The van der Waals surface area contributed by atoms with Crippen molar-refractivity contribution in [3.05, 3.63) is 45.3 Å². The third-order valence-corrected chi connectivity index (χ3v) is 4.97. The number of hydrogen-bond donors (Lipinski definition) is 1. The smallest absolute Gasteiger partial charge is 0.134 e. The molecule has 22 heavy (non-hydrogen) atoms. The lowest BCUT2D eigenvalue weighted by Crippen LogP contribution is -2.25. The second kappa shape index (κ2) is 5.91. The molecule has 0 saturated carbocycles. The molecule has 2 aromatic rings. The van der Waals surface area contributed by atoms with E-state index >= 15 is 0 Å². The molecule has 112 valence electrons. The fourth-order valence-corrected chi connectivity index (χ4v) is 3.84. The Balaban J connectivity index is 1.96. The molecule has 1 aromatic heterocycles. The lowest BCUT2D eigenvalue weighted by Gasteiger charge is -2.21. The number of hydrogen-bond acceptors (Lipinski definition) is 5. The summed E-state index contributed by atoms with van der Waals surface area (Å²) in [7, 11) is 2.09. The van der Waals surface area contributed by atoms with Crippen LogP contribution in [0.25, 0.3) is 0 Å². The van der Waals surface area contributed by atoms with Gasteiger partial charge in [-0.3, -0.25) is 0 Å². The summed E-state index contributed by atoms with van der Waals surface area (Å²) in [6.07, 6.45) is 2.53. The van der Waals surface area contributed by atoms with Crippen LogP contribution in [0.1, 0.15) is 27.1 Å². The fourth-order valence-electron chi connectivity index (χ4n) is 2.61. The van der Waals surface area contributed by atoms with Crippen LogP contribution in [-0.4, -0.2) is 29.8 Å². The lowest BCUT2D eigenvalue weighted by molar-refractivity contribution is 0.317. The number of fused-ring (bicyclic) bond motifs is 1. The molecule has 2 heterocycles. The first kappa shape index (κ1) is 14.8. The van der Waals surface area contributed by atoms with Gasteiger partial charge in [0, 0.05) is 29.7 Å². The summed E-state index contributed by atoms with van der Waals surface area (Å²) in [6.45, 7) is 3.78. The molecule has 0 fully saturated rings. The van der Waals surface area contributed by atoms with Crippen LogP contribution in [0.15, 0.2) is 23.2 Å². The highest BCUT2D eigenvalue weighted by atomic mass is 32.1. The SMILES string of the molecule is Cc1ccc(/C=N/c2sc3c(c2C#N)CCN(C)C3)c(O)c1. The number of benzene rings is 1. The van der Waals surface area contributed by atoms with Gasteiger partial charge in [0.15, 0.2) is 0 Å². The molecule has 1 aromatic carbocycles. The second-order valence-corrected chi connectivity index (χ2v) is 6.69. The van der Waals surface area contributed by atoms with Crippen LogP contribution in [0.5, 0.6) is 5.75 Å². The normalized spacial score (nSPS) is 15.0. The number of aromatic hydroxyl groups is 1. The zero-order chi connectivity index (χ0) is 15.7. The van der Waals surface area contributed by atoms with Gasteiger partial charge in [-0.15, -0.1) is 11.3 Å². The van der Waals surface area contributed by atoms with Crippen molar-refractivity contribution in [3.8, 4) is 11.8 Å². The summed E-state index contributed by atoms with van der Waals surface area (Å²) in [6, 6.07) is 7.77. The number of nitrogens with zero attached hydrogens (tertiary/aromatic N) is 3. The van der Waals surface area contributed by atoms with Gasteiger partial charge < -0.3 is 10.0 Å². The number of rotatable bonds is 2. The Labute approximate surface area is 134 Å². The number of phenols is 1. The molecule has 0 unspecified atom stereocenters. The molecule has 0 bridgehead atoms. The molecule has 4 nitrogen and oxygen atoms in total. The predicted molar refractivity (Wildman–Crippen MR) is 89.2 cm³/mol. The molecular formula is C17H17N3OS. The van der Waals surface area contributed by atoms with E-state index in [1.807, 2.05) is 19.1 Å². The maximum Gasteiger partial charge on any atom is 0.134 e. The van der Waals surface area contributed by atoms with E-state index in [9.17, 15) is 10.4 Å². The first-order valence-electron chi connectivity index (χ1n) is 7.15. The molecule has 0 aliphatic carbocycles. The van der Waals surface area contributed by atoms with E-state index in [1.54, 1.807) is 23.6 Å². The molecule has 3 rings (SSSR count). The quantitative estimate of drug-likeness (QED) is 0.865. The van der Waals surface area contributed by atoms with Crippen LogP contribution in [-0.2, 0) is 13.0 Å². The van der Waals surface area contributed by atoms with E-state index in [0.717, 1.165) is 35.6 Å². The summed E-state index contributed by atoms with van der Waals surface area (Å²) in [5.74, 6) is 0.211. The minimum atomic E-state index is 0.211. The average molecular weight is 311 g/mol. The number of aliphatic imine (C=N–C) groups is 1. The minimum absolute atomic E-state index is 0.211. The third-order valence-electron chi connectivity index (χ3n) is 3.85. The number of likely N-dealkylation sites (N-methyl/N-ethyl adjacent to an activating group) is 1. The van der Waals surface area contributed by atoms with Gasteiger partial charge in [0.05, 0.1) is 5.56 Å². The third kappa shape index (κ3) is 2.76. The molecule has 0 radical (unpaired) electrons. The predicted octanol–water partition coefficient (Wildman–Crippen LogP) is 3.37. The van der Waals surface area contributed by atoms with E-state index in [4.69, 9.17) is 0 Å². The Bertz CT molecular complexity index is 786. The van der Waals surface area contributed by atoms with Crippen molar-refractivity contribution in [1.82, 2.24) is 4.90 Å². The molecular weight excluding hydrogens is 294 g/mol. The molecule has 0 saturated heterocycles. The zero-order valence-electron chi connectivity index (χ0n) is 12.6. The van der Waals surface area contributed by atoms with Crippen LogP contribution in [0.2, 0.25) is 0 Å². The number of nitriles is 1. The summed E-state index contributed by atoms with van der Waals surface area (Å²) >= 11 is 1.57. The highest BCUT2D eigenvalue weighted by molar-refractivity contribution is 7.16. The Kier molecular flexibility index (Phi) is 3.97. The molecule has 1 aliphatic heterocycles. The fraction of sp³-hybridized carbons (Fsp3) is 0.294. The van der Waals surface area contributed by atoms with Gasteiger partial charge in [-0.25, -0.2) is 4.99 Å². The van der Waals surface area contributed by atoms with Gasteiger partial charge in [-0.05, 0) is 43.7 Å². The van der Waals surface area contributed by atoms with E-state index in [-0.39, 0.29) is 5.75 Å². The second-order valence-electron chi connectivity index (χ2n) is 5.60. The average Bonchev–Trinajstić information content (AvgIpc) is 2.82. The van der Waals surface area contributed by atoms with Crippen LogP contribution < -0.4 is 0 Å². The van der Waals surface area contributed by atoms with Crippen molar-refractivity contribution in [2.24, 2.45) is 4.99 Å². The van der Waals surface area contributed by atoms with Crippen molar-refractivity contribution >= 4 is 22.6 Å². The van der Waals surface area contributed by atoms with Crippen molar-refractivity contribution in [1.29, 1.82) is 5.26 Å². The molecule has 5 heteroatoms. The van der Waals surface area contributed by atoms with Crippen molar-refractivity contribution in [3.63, 3.8) is 0 Å². The number of thiophene rings is 1. The van der Waals surface area contributed by atoms with Gasteiger partial charge in [-0.1, -0.05) is 6.07 Å². The van der Waals surface area contributed by atoms with Crippen molar-refractivity contribution < 1.29 is 5.11 Å². The van der Waals surface area contributed by atoms with Crippen molar-refractivity contribution in [2.75, 3.05) is 13.6 Å². The topological polar surface area (TPSA) is 59.6 Å². The van der Waals surface area contributed by atoms with Gasteiger partial charge >= 0.3 is 0 Å². The Morgan fingerprint density at radius 1 is 1.45 bits per heavy atom. The number of aryl methyl sites for hydroxylation is 1. The maximum absolute atomic E-state index is 9.93. The van der Waals surface area contributed by atoms with Gasteiger partial charge in [0.2, 0.25) is 0 Å². The summed E-state index contributed by atoms with van der Waals surface area (Å²) in [5, 5.41) is 20.1. The first-order valence-corrected chi connectivity index (χ1v) is 7.97. The minimum Gasteiger partial charge on any atom is -0.507 e. The standard InChI is InChI=1S/C17H17N3OS/c1-11-3-4-12(15(21)7-11)9-19-17-14(8-18)13-5-6-20(2)10-16(13)22-17/h3-4,7,9,21H,5-6,10H2,1-2H3/b19-9+. The van der Waals surface area contributed by atoms with Crippen molar-refractivity contribution in [2.45, 2.75) is 19.9 Å². The lowest BCUT2D eigenvalue weighted by atomic mass is 10.0. The first-order chi connectivity index (χ1) is 10.6. The van der Waals surface area contributed by atoms with Crippen LogP contribution in [0.4, 0.5) is 5.00 Å². The molecule has 1 N–H and O–H groups in total. The number of phenolic OH excluding ortho intramolecular Hbond substituents is 1. The zero-order valence-corrected chi connectivity index (χ0v) is 13.4. The van der Waals surface area contributed by atoms with Crippen LogP contribution >= 0.6 is 11.3 Å². The summed E-state index contributed by atoms with van der Waals surface area (Å²) < 4.78 is 0. The van der Waals surface area contributed by atoms with Gasteiger partial charge in [0.1, 0.15) is 16.8 Å². The van der Waals surface area contributed by atoms with Crippen LogP contribution in [0.3, 0.4) is 0 Å². The molecule has 0 atom stereocenters. The van der Waals surface area contributed by atoms with Gasteiger partial charge in [-0.2, -0.15) is 5.26 Å². The Hall–Kier alpha value is -2.16. The Morgan fingerprint density at radius 2 is 2.27 bits per heavy atom. The Morgan fingerprint density at radius 3 is 3.00 bits per heavy atom. The highest BCUT2D eigenvalue weighted by Gasteiger charge is 2.22. The monoisotopic (exact) mass is 311 g/mol. The summed E-state index contributed by atoms with van der Waals surface area (Å²) in [4.78, 5) is 7.94. The largest absolute Gasteiger partial charge is 0.507 e. The van der Waals surface area contributed by atoms with Crippen LogP contribution in [0, 0.1) is 18.3 Å². The van der Waals surface area contributed by atoms with E-state index < -0.39 is 0 Å².